The molecule has 3 nitrogen and oxygen atoms in total. The molecule has 0 N–H and O–H groups in total. The van der Waals surface area contributed by atoms with Crippen molar-refractivity contribution >= 4 is 33.2 Å². The average molecular weight is 457 g/mol. The Labute approximate surface area is 179 Å². The predicted octanol–water partition coefficient (Wildman–Crippen LogP) is 6.34. The number of benzene rings is 1. The zero-order valence-corrected chi connectivity index (χ0v) is 18.3. The summed E-state index contributed by atoms with van der Waals surface area (Å²) in [5.41, 5.74) is 2.45. The zero-order valence-electron chi connectivity index (χ0n) is 15.9. The van der Waals surface area contributed by atoms with Crippen LogP contribution in [0.2, 0.25) is 0 Å². The number of hydrogen-bond donors (Lipinski definition) is 0. The molecule has 0 saturated heterocycles. The highest BCUT2D eigenvalue weighted by Gasteiger charge is 2.27. The number of hydrogen-bond acceptors (Lipinski definition) is 2. The van der Waals surface area contributed by atoms with E-state index in [1.807, 2.05) is 17.5 Å². The van der Waals surface area contributed by atoms with E-state index in [2.05, 4.69) is 68.0 Å². The lowest BCUT2D eigenvalue weighted by Crippen LogP contribution is -2.41. The lowest BCUT2D eigenvalue weighted by atomic mass is 9.94. The molecule has 2 heterocycles. The third-order valence-corrected chi connectivity index (χ3v) is 6.92. The second kappa shape index (κ2) is 9.10. The second-order valence-electron chi connectivity index (χ2n) is 7.46. The summed E-state index contributed by atoms with van der Waals surface area (Å²) in [6.07, 6.45) is 8.08. The number of amides is 1. The van der Waals surface area contributed by atoms with E-state index in [0.29, 0.717) is 12.6 Å². The summed E-state index contributed by atoms with van der Waals surface area (Å²) in [6.45, 7) is 1.49. The number of rotatable bonds is 6. The molecular weight excluding hydrogens is 432 g/mol. The largest absolute Gasteiger partial charge is 0.345 e. The van der Waals surface area contributed by atoms with E-state index in [1.54, 1.807) is 11.3 Å². The summed E-state index contributed by atoms with van der Waals surface area (Å²) in [5.74, 6) is 0.179. The molecule has 3 aromatic rings. The first-order valence-corrected chi connectivity index (χ1v) is 11.6. The molecule has 1 aliphatic rings. The highest BCUT2D eigenvalue weighted by atomic mass is 79.9. The van der Waals surface area contributed by atoms with Crippen LogP contribution in [0.4, 0.5) is 0 Å². The molecule has 0 atom stereocenters. The van der Waals surface area contributed by atoms with Gasteiger partial charge in [-0.1, -0.05) is 53.4 Å². The van der Waals surface area contributed by atoms with Gasteiger partial charge in [-0.15, -0.1) is 11.3 Å². The predicted molar refractivity (Wildman–Crippen MR) is 119 cm³/mol. The number of thiophene rings is 1. The molecule has 1 aromatic carbocycles. The van der Waals surface area contributed by atoms with Crippen molar-refractivity contribution < 1.29 is 4.79 Å². The van der Waals surface area contributed by atoms with E-state index in [4.69, 9.17) is 0 Å². The molecule has 0 aliphatic heterocycles. The Bertz CT molecular complexity index is 895. The minimum absolute atomic E-state index is 0.179. The van der Waals surface area contributed by atoms with Crippen molar-refractivity contribution in [3.63, 3.8) is 0 Å². The summed E-state index contributed by atoms with van der Waals surface area (Å²) in [7, 11) is 0. The number of carbonyl (C=O) groups excluding carboxylic acids is 1. The number of carbonyl (C=O) groups is 1. The molecule has 4 rings (SSSR count). The van der Waals surface area contributed by atoms with Gasteiger partial charge in [-0.25, -0.2) is 0 Å². The van der Waals surface area contributed by atoms with Crippen LogP contribution < -0.4 is 0 Å². The van der Waals surface area contributed by atoms with Gasteiger partial charge in [0, 0.05) is 29.0 Å². The third-order valence-electron chi connectivity index (χ3n) is 5.53. The Hall–Kier alpha value is -1.85. The molecule has 5 heteroatoms. The Morgan fingerprint density at radius 2 is 1.86 bits per heavy atom. The minimum atomic E-state index is 0.179. The molecule has 28 heavy (non-hydrogen) atoms. The highest BCUT2D eigenvalue weighted by Crippen LogP contribution is 2.27. The standard InChI is InChI=1S/C23H25BrN2OS/c24-19-12-10-18(11-13-19)16-25-14-4-8-21(25)17-26(20-6-2-1-3-7-20)23(27)22-9-5-15-28-22/h4-5,8-15,20H,1-3,6-7,16-17H2. The molecule has 0 radical (unpaired) electrons. The molecule has 0 bridgehead atoms. The first kappa shape index (κ1) is 19.5. The molecule has 0 unspecified atom stereocenters. The smallest absolute Gasteiger partial charge is 0.264 e. The first-order chi connectivity index (χ1) is 13.7. The van der Waals surface area contributed by atoms with Crippen LogP contribution in [0.1, 0.15) is 53.0 Å². The van der Waals surface area contributed by atoms with Crippen LogP contribution in [0.5, 0.6) is 0 Å². The monoisotopic (exact) mass is 456 g/mol. The van der Waals surface area contributed by atoms with Crippen LogP contribution in [0.25, 0.3) is 0 Å². The van der Waals surface area contributed by atoms with Gasteiger partial charge < -0.3 is 9.47 Å². The Kier molecular flexibility index (Phi) is 6.33. The SMILES string of the molecule is O=C(c1cccs1)N(Cc1cccn1Cc1ccc(Br)cc1)C1CCCCC1. The molecule has 1 saturated carbocycles. The lowest BCUT2D eigenvalue weighted by Gasteiger charge is -2.34. The van der Waals surface area contributed by atoms with Gasteiger partial charge >= 0.3 is 0 Å². The van der Waals surface area contributed by atoms with Gasteiger partial charge in [-0.2, -0.15) is 0 Å². The zero-order chi connectivity index (χ0) is 19.3. The van der Waals surface area contributed by atoms with Crippen molar-refractivity contribution in [2.24, 2.45) is 0 Å². The number of halogens is 1. The first-order valence-electron chi connectivity index (χ1n) is 9.93. The van der Waals surface area contributed by atoms with Gasteiger partial charge in [0.25, 0.3) is 5.91 Å². The number of aromatic nitrogens is 1. The van der Waals surface area contributed by atoms with Crippen LogP contribution in [-0.2, 0) is 13.1 Å². The van der Waals surface area contributed by atoms with Crippen molar-refractivity contribution in [2.75, 3.05) is 0 Å². The molecule has 1 aliphatic carbocycles. The maximum Gasteiger partial charge on any atom is 0.264 e. The molecule has 146 valence electrons. The van der Waals surface area contributed by atoms with Crippen molar-refractivity contribution in [3.8, 4) is 0 Å². The van der Waals surface area contributed by atoms with Crippen LogP contribution in [0, 0.1) is 0 Å². The summed E-state index contributed by atoms with van der Waals surface area (Å²) in [6, 6.07) is 16.9. The highest BCUT2D eigenvalue weighted by molar-refractivity contribution is 9.10. The fourth-order valence-electron chi connectivity index (χ4n) is 4.01. The van der Waals surface area contributed by atoms with Gasteiger partial charge in [0.2, 0.25) is 0 Å². The van der Waals surface area contributed by atoms with Crippen LogP contribution in [0.15, 0.2) is 64.6 Å². The molecule has 1 fully saturated rings. The minimum Gasteiger partial charge on any atom is -0.345 e. The Morgan fingerprint density at radius 3 is 2.57 bits per heavy atom. The lowest BCUT2D eigenvalue weighted by molar-refractivity contribution is 0.0614. The van der Waals surface area contributed by atoms with Crippen molar-refractivity contribution in [1.82, 2.24) is 9.47 Å². The molecule has 2 aromatic heterocycles. The summed E-state index contributed by atoms with van der Waals surface area (Å²) >= 11 is 5.04. The van der Waals surface area contributed by atoms with E-state index in [0.717, 1.165) is 28.7 Å². The van der Waals surface area contributed by atoms with E-state index in [-0.39, 0.29) is 5.91 Å². The van der Waals surface area contributed by atoms with Gasteiger partial charge in [0.15, 0.2) is 0 Å². The van der Waals surface area contributed by atoms with Crippen molar-refractivity contribution in [3.05, 3.63) is 80.7 Å². The molecule has 1 amide bonds. The van der Waals surface area contributed by atoms with E-state index < -0.39 is 0 Å². The quantitative estimate of drug-likeness (QED) is 0.424. The summed E-state index contributed by atoms with van der Waals surface area (Å²) in [4.78, 5) is 16.2. The van der Waals surface area contributed by atoms with Gasteiger partial charge in [-0.3, -0.25) is 4.79 Å². The van der Waals surface area contributed by atoms with Gasteiger partial charge in [0.05, 0.1) is 11.4 Å². The summed E-state index contributed by atoms with van der Waals surface area (Å²) < 4.78 is 3.36. The Balaban J connectivity index is 1.56. The van der Waals surface area contributed by atoms with Gasteiger partial charge in [0.1, 0.15) is 0 Å². The number of nitrogens with zero attached hydrogens (tertiary/aromatic N) is 2. The average Bonchev–Trinajstić information content (AvgIpc) is 3.40. The van der Waals surface area contributed by atoms with Crippen molar-refractivity contribution in [1.29, 1.82) is 0 Å². The van der Waals surface area contributed by atoms with Crippen LogP contribution >= 0.6 is 27.3 Å². The maximum absolute atomic E-state index is 13.3. The van der Waals surface area contributed by atoms with Crippen LogP contribution in [-0.4, -0.2) is 21.4 Å². The Morgan fingerprint density at radius 1 is 1.07 bits per heavy atom. The fraction of sp³-hybridized carbons (Fsp3) is 0.348. The maximum atomic E-state index is 13.3. The fourth-order valence-corrected chi connectivity index (χ4v) is 4.95. The van der Waals surface area contributed by atoms with E-state index >= 15 is 0 Å². The van der Waals surface area contributed by atoms with Crippen molar-refractivity contribution in [2.45, 2.75) is 51.2 Å². The second-order valence-corrected chi connectivity index (χ2v) is 9.32. The summed E-state index contributed by atoms with van der Waals surface area (Å²) in [5, 5.41) is 1.99. The topological polar surface area (TPSA) is 25.2 Å². The molecular formula is C23H25BrN2OS. The third kappa shape index (κ3) is 4.58. The van der Waals surface area contributed by atoms with E-state index in [1.165, 1.54) is 30.5 Å². The van der Waals surface area contributed by atoms with Crippen LogP contribution in [0.3, 0.4) is 0 Å². The van der Waals surface area contributed by atoms with E-state index in [9.17, 15) is 4.79 Å². The molecule has 0 spiro atoms. The van der Waals surface area contributed by atoms with Gasteiger partial charge in [-0.05, 0) is 54.1 Å². The normalized spacial score (nSPS) is 14.9.